The lowest BCUT2D eigenvalue weighted by atomic mass is 10.0. The lowest BCUT2D eigenvalue weighted by molar-refractivity contribution is -0.138. The third-order valence-electron chi connectivity index (χ3n) is 5.03. The molecule has 0 aliphatic carbocycles. The molecule has 2 N–H and O–H groups in total. The highest BCUT2D eigenvalue weighted by molar-refractivity contribution is 7.39. The van der Waals surface area contributed by atoms with E-state index in [1.54, 1.807) is 18.2 Å². The first-order chi connectivity index (χ1) is 15.3. The monoisotopic (exact) mass is 459 g/mol. The highest BCUT2D eigenvalue weighted by Gasteiger charge is 2.18. The van der Waals surface area contributed by atoms with Gasteiger partial charge in [0.15, 0.2) is 8.03 Å². The summed E-state index contributed by atoms with van der Waals surface area (Å²) in [6, 6.07) is 14.5. The maximum atomic E-state index is 13.5. The summed E-state index contributed by atoms with van der Waals surface area (Å²) in [6.45, 7) is 4.22. The molecular weight excluding hydrogens is 432 g/mol. The largest absolute Gasteiger partial charge is 0.481 e. The summed E-state index contributed by atoms with van der Waals surface area (Å²) >= 11 is 0. The fourth-order valence-electron chi connectivity index (χ4n) is 3.75. The van der Waals surface area contributed by atoms with E-state index in [2.05, 4.69) is 18.4 Å². The van der Waals surface area contributed by atoms with Crippen LogP contribution in [0.1, 0.15) is 32.0 Å². The fourth-order valence-corrected chi connectivity index (χ4v) is 4.68. The zero-order chi connectivity index (χ0) is 23.3. The van der Waals surface area contributed by atoms with Crippen LogP contribution >= 0.6 is 8.03 Å². The van der Waals surface area contributed by atoms with Crippen LogP contribution in [0.5, 0.6) is 0 Å². The van der Waals surface area contributed by atoms with E-state index in [0.717, 1.165) is 27.7 Å². The number of carboxylic acid groups (broad SMARTS) is 1. The molecule has 1 heterocycles. The number of nitrogens with zero attached hydrogens (tertiary/aromatic N) is 1. The summed E-state index contributed by atoms with van der Waals surface area (Å²) in [5.41, 5.74) is 3.82. The van der Waals surface area contributed by atoms with Crippen molar-refractivity contribution >= 4 is 31.0 Å². The molecule has 6 nitrogen and oxygen atoms in total. The van der Waals surface area contributed by atoms with Crippen molar-refractivity contribution in [3.05, 3.63) is 66.1 Å². The van der Waals surface area contributed by atoms with E-state index in [-0.39, 0.29) is 24.6 Å². The molecule has 0 radical (unpaired) electrons. The predicted octanol–water partition coefficient (Wildman–Crippen LogP) is 5.37. The first kappa shape index (κ1) is 23.9. The van der Waals surface area contributed by atoms with Crippen LogP contribution in [0.25, 0.3) is 28.1 Å². The first-order valence-corrected chi connectivity index (χ1v) is 11.9. The van der Waals surface area contributed by atoms with Crippen molar-refractivity contribution in [2.75, 3.05) is 12.8 Å². The molecule has 0 saturated carbocycles. The maximum Gasteiger partial charge on any atom is 0.305 e. The van der Waals surface area contributed by atoms with Crippen molar-refractivity contribution in [3.63, 3.8) is 0 Å². The number of aromatic nitrogens is 1. The molecule has 1 aromatic heterocycles. The van der Waals surface area contributed by atoms with Gasteiger partial charge in [-0.3, -0.25) is 9.36 Å². The second-order valence-corrected chi connectivity index (χ2v) is 9.23. The molecule has 0 aliphatic heterocycles. The molecular formula is C24H27FNO5P. The van der Waals surface area contributed by atoms with Crippen molar-refractivity contribution in [1.82, 2.24) is 4.57 Å². The molecule has 0 amide bonds. The molecule has 32 heavy (non-hydrogen) atoms. The second-order valence-electron chi connectivity index (χ2n) is 7.79. The number of rotatable bonds is 10. The second kappa shape index (κ2) is 10.7. The van der Waals surface area contributed by atoms with Gasteiger partial charge in [0, 0.05) is 34.4 Å². The molecule has 2 atom stereocenters. The number of aliphatic hydroxyl groups is 1. The molecule has 8 heteroatoms. The predicted molar refractivity (Wildman–Crippen MR) is 125 cm³/mol. The number of hydrogen-bond donors (Lipinski definition) is 2. The molecule has 0 bridgehead atoms. The van der Waals surface area contributed by atoms with E-state index in [9.17, 15) is 18.9 Å². The lowest BCUT2D eigenvalue weighted by Crippen LogP contribution is -2.15. The fraction of sp³-hybridized carbons (Fsp3) is 0.292. The van der Waals surface area contributed by atoms with Gasteiger partial charge in [-0.25, -0.2) is 4.39 Å². The summed E-state index contributed by atoms with van der Waals surface area (Å²) in [6.07, 6.45) is 1.77. The van der Waals surface area contributed by atoms with Crippen LogP contribution in [0, 0.1) is 5.82 Å². The van der Waals surface area contributed by atoms with E-state index in [1.165, 1.54) is 12.1 Å². The lowest BCUT2D eigenvalue weighted by Gasteiger charge is -2.14. The maximum absolute atomic E-state index is 13.5. The number of halogens is 1. The van der Waals surface area contributed by atoms with E-state index in [0.29, 0.717) is 0 Å². The van der Waals surface area contributed by atoms with Crippen molar-refractivity contribution in [1.29, 1.82) is 0 Å². The molecule has 0 saturated heterocycles. The van der Waals surface area contributed by atoms with Crippen LogP contribution in [0.3, 0.4) is 0 Å². The highest BCUT2D eigenvalue weighted by atomic mass is 31.1. The minimum Gasteiger partial charge on any atom is -0.481 e. The zero-order valence-electron chi connectivity index (χ0n) is 18.0. The van der Waals surface area contributed by atoms with Gasteiger partial charge in [0.25, 0.3) is 0 Å². The number of aliphatic carboxylic acids is 1. The first-order valence-electron chi connectivity index (χ1n) is 10.4. The van der Waals surface area contributed by atoms with Gasteiger partial charge >= 0.3 is 5.97 Å². The number of benzene rings is 2. The summed E-state index contributed by atoms with van der Waals surface area (Å²) < 4.78 is 33.0. The molecule has 0 aliphatic rings. The summed E-state index contributed by atoms with van der Waals surface area (Å²) in [5.74, 6) is -1.45. The Hall–Kier alpha value is -2.73. The Morgan fingerprint density at radius 3 is 2.53 bits per heavy atom. The number of hydrogen-bond acceptors (Lipinski definition) is 4. The molecule has 0 fully saturated rings. The molecule has 3 rings (SSSR count). The van der Waals surface area contributed by atoms with Gasteiger partial charge < -0.3 is 19.3 Å². The van der Waals surface area contributed by atoms with Crippen LogP contribution < -0.4 is 0 Å². The van der Waals surface area contributed by atoms with Crippen LogP contribution in [-0.4, -0.2) is 39.6 Å². The quantitative estimate of drug-likeness (QED) is 0.398. The Balaban J connectivity index is 1.89. The van der Waals surface area contributed by atoms with Gasteiger partial charge in [-0.15, -0.1) is 0 Å². The van der Waals surface area contributed by atoms with Gasteiger partial charge in [0.2, 0.25) is 0 Å². The van der Waals surface area contributed by atoms with E-state index in [4.69, 9.17) is 9.63 Å². The standard InChI is InChI=1S/C24H27FNO5P/c1-16(2)26-21-7-4-3-6-20(21)24(17-9-11-18(25)12-10-17)22(26)8-5-13-31-32(30)15-19(27)14-23(28)29/h3-12,16,19,27,32H,13-15H2,1-2H3,(H,28,29)/b8-5+. The van der Waals surface area contributed by atoms with Crippen molar-refractivity contribution < 1.29 is 28.5 Å². The third-order valence-corrected chi connectivity index (χ3v) is 6.32. The van der Waals surface area contributed by atoms with Crippen LogP contribution in [0.2, 0.25) is 0 Å². The van der Waals surface area contributed by atoms with Gasteiger partial charge in [-0.2, -0.15) is 0 Å². The number of para-hydroxylation sites is 1. The highest BCUT2D eigenvalue weighted by Crippen LogP contribution is 2.38. The Labute approximate surface area is 186 Å². The number of carbonyl (C=O) groups is 1. The Bertz CT molecular complexity index is 1140. The van der Waals surface area contributed by atoms with E-state index in [1.807, 2.05) is 30.3 Å². The summed E-state index contributed by atoms with van der Waals surface area (Å²) in [5, 5.41) is 19.3. The third kappa shape index (κ3) is 5.74. The number of carboxylic acids is 1. The molecule has 3 aromatic rings. The summed E-state index contributed by atoms with van der Waals surface area (Å²) in [4.78, 5) is 10.6. The molecule has 0 spiro atoms. The normalized spacial score (nSPS) is 13.8. The zero-order valence-corrected chi connectivity index (χ0v) is 19.0. The molecule has 2 aromatic carbocycles. The van der Waals surface area contributed by atoms with E-state index < -0.39 is 26.5 Å². The van der Waals surface area contributed by atoms with Gasteiger partial charge in [-0.05, 0) is 43.7 Å². The SMILES string of the molecule is CC(C)n1c(/C=C/CO[PH](=O)CC(O)CC(=O)O)c(-c2ccc(F)cc2)c2ccccc21. The smallest absolute Gasteiger partial charge is 0.305 e. The minimum absolute atomic E-state index is 0.0556. The Morgan fingerprint density at radius 2 is 1.88 bits per heavy atom. The Kier molecular flexibility index (Phi) is 8.02. The average Bonchev–Trinajstić information content (AvgIpc) is 3.05. The van der Waals surface area contributed by atoms with Crippen LogP contribution in [-0.2, 0) is 13.9 Å². The van der Waals surface area contributed by atoms with Crippen molar-refractivity contribution in [3.8, 4) is 11.1 Å². The average molecular weight is 459 g/mol. The Morgan fingerprint density at radius 1 is 1.19 bits per heavy atom. The van der Waals surface area contributed by atoms with Crippen molar-refractivity contribution in [2.45, 2.75) is 32.4 Å². The number of fused-ring (bicyclic) bond motifs is 1. The van der Waals surface area contributed by atoms with Crippen LogP contribution in [0.4, 0.5) is 4.39 Å². The molecule has 2 unspecified atom stereocenters. The van der Waals surface area contributed by atoms with Gasteiger partial charge in [0.1, 0.15) is 5.82 Å². The van der Waals surface area contributed by atoms with Crippen LogP contribution in [0.15, 0.2) is 54.6 Å². The molecule has 170 valence electrons. The van der Waals surface area contributed by atoms with Gasteiger partial charge in [0.05, 0.1) is 19.1 Å². The van der Waals surface area contributed by atoms with E-state index >= 15 is 0 Å². The van der Waals surface area contributed by atoms with Gasteiger partial charge in [-0.1, -0.05) is 36.4 Å². The summed E-state index contributed by atoms with van der Waals surface area (Å²) in [7, 11) is -2.57. The van der Waals surface area contributed by atoms with Crippen molar-refractivity contribution in [2.24, 2.45) is 0 Å². The topological polar surface area (TPSA) is 88.8 Å². The minimum atomic E-state index is -2.57. The number of aliphatic hydroxyl groups excluding tert-OH is 1.